The maximum Gasteiger partial charge on any atom is 0.185 e. The van der Waals surface area contributed by atoms with Crippen LogP contribution < -0.4 is 4.90 Å². The number of carbonyl (C=O) groups is 1. The van der Waals surface area contributed by atoms with Crippen molar-refractivity contribution in [1.29, 1.82) is 10.5 Å². The summed E-state index contributed by atoms with van der Waals surface area (Å²) in [6, 6.07) is 22.7. The molecule has 0 unspecified atom stereocenters. The highest BCUT2D eigenvalue weighted by Crippen LogP contribution is 2.55. The van der Waals surface area contributed by atoms with Gasteiger partial charge in [0.15, 0.2) is 11.2 Å². The van der Waals surface area contributed by atoms with Crippen molar-refractivity contribution in [2.45, 2.75) is 18.0 Å². The summed E-state index contributed by atoms with van der Waals surface area (Å²) in [6.07, 6.45) is 3.60. The van der Waals surface area contributed by atoms with Crippen molar-refractivity contribution in [2.75, 3.05) is 4.90 Å². The van der Waals surface area contributed by atoms with Gasteiger partial charge >= 0.3 is 0 Å². The summed E-state index contributed by atoms with van der Waals surface area (Å²) >= 11 is 6.20. The van der Waals surface area contributed by atoms with Gasteiger partial charge in [0.25, 0.3) is 0 Å². The van der Waals surface area contributed by atoms with E-state index in [-0.39, 0.29) is 5.78 Å². The van der Waals surface area contributed by atoms with Crippen molar-refractivity contribution < 1.29 is 9.18 Å². The van der Waals surface area contributed by atoms with E-state index in [9.17, 15) is 19.7 Å². The Kier molecular flexibility index (Phi) is 5.01. The molecule has 2 aliphatic rings. The zero-order valence-corrected chi connectivity index (χ0v) is 18.1. The van der Waals surface area contributed by atoms with Gasteiger partial charge in [-0.2, -0.15) is 10.5 Å². The van der Waals surface area contributed by atoms with Crippen molar-refractivity contribution in [3.63, 3.8) is 0 Å². The second kappa shape index (κ2) is 7.89. The van der Waals surface area contributed by atoms with Gasteiger partial charge in [-0.1, -0.05) is 66.2 Å². The van der Waals surface area contributed by atoms with E-state index in [1.54, 1.807) is 54.6 Å². The zero-order chi connectivity index (χ0) is 23.2. The number of fused-ring (bicyclic) bond motifs is 3. The zero-order valence-electron chi connectivity index (χ0n) is 17.3. The Hall–Kier alpha value is -3.93. The third-order valence-electron chi connectivity index (χ3n) is 6.50. The fraction of sp³-hybridized carbons (Fsp3) is 0.148. The lowest BCUT2D eigenvalue weighted by atomic mass is 9.69. The predicted octanol–water partition coefficient (Wildman–Crippen LogP) is 5.76. The SMILES string of the molecule is N#CC1(C#N)[C@@H](c2cccc(F)c2)[C@H](C(=O)c2ccccc2)N2c3ccc(Cl)cc3C=C[C@@H]21. The number of nitriles is 2. The second-order valence-electron chi connectivity index (χ2n) is 8.21. The van der Waals surface area contributed by atoms with E-state index in [1.807, 2.05) is 17.0 Å². The van der Waals surface area contributed by atoms with Crippen LogP contribution in [0.3, 0.4) is 0 Å². The lowest BCUT2D eigenvalue weighted by Gasteiger charge is -2.35. The first-order chi connectivity index (χ1) is 16.0. The minimum absolute atomic E-state index is 0.238. The molecule has 6 heteroatoms. The average Bonchev–Trinajstić information content (AvgIpc) is 3.14. The van der Waals surface area contributed by atoms with Crippen LogP contribution in [0.4, 0.5) is 10.1 Å². The monoisotopic (exact) mass is 453 g/mol. The summed E-state index contributed by atoms with van der Waals surface area (Å²) in [4.78, 5) is 15.8. The van der Waals surface area contributed by atoms with Crippen molar-refractivity contribution in [2.24, 2.45) is 5.41 Å². The van der Waals surface area contributed by atoms with E-state index in [2.05, 4.69) is 12.1 Å². The fourth-order valence-electron chi connectivity index (χ4n) is 5.11. The molecule has 0 amide bonds. The van der Waals surface area contributed by atoms with Gasteiger partial charge in [0, 0.05) is 22.2 Å². The number of nitrogens with zero attached hydrogens (tertiary/aromatic N) is 3. The molecule has 0 spiro atoms. The van der Waals surface area contributed by atoms with E-state index < -0.39 is 29.2 Å². The van der Waals surface area contributed by atoms with E-state index in [1.165, 1.54) is 18.2 Å². The van der Waals surface area contributed by atoms with Crippen molar-refractivity contribution in [3.8, 4) is 12.1 Å². The van der Waals surface area contributed by atoms with Gasteiger partial charge in [-0.25, -0.2) is 4.39 Å². The molecule has 1 fully saturated rings. The van der Waals surface area contributed by atoms with Crippen LogP contribution in [0.15, 0.2) is 78.9 Å². The maximum absolute atomic E-state index is 14.3. The van der Waals surface area contributed by atoms with Crippen molar-refractivity contribution in [3.05, 3.63) is 106 Å². The predicted molar refractivity (Wildman–Crippen MR) is 124 cm³/mol. The molecule has 0 bridgehead atoms. The van der Waals surface area contributed by atoms with Crippen LogP contribution in [-0.4, -0.2) is 17.9 Å². The maximum atomic E-state index is 14.3. The molecule has 0 N–H and O–H groups in total. The molecule has 0 saturated carbocycles. The summed E-state index contributed by atoms with van der Waals surface area (Å²) in [5, 5.41) is 21.3. The molecule has 1 saturated heterocycles. The van der Waals surface area contributed by atoms with Gasteiger partial charge in [0.1, 0.15) is 11.9 Å². The van der Waals surface area contributed by atoms with Crippen LogP contribution in [0.5, 0.6) is 0 Å². The van der Waals surface area contributed by atoms with Gasteiger partial charge in [0.05, 0.1) is 18.2 Å². The molecule has 3 aromatic rings. The lowest BCUT2D eigenvalue weighted by Crippen LogP contribution is -2.44. The van der Waals surface area contributed by atoms with Crippen LogP contribution >= 0.6 is 11.6 Å². The number of hydrogen-bond acceptors (Lipinski definition) is 4. The number of benzene rings is 3. The Bertz CT molecular complexity index is 1360. The van der Waals surface area contributed by atoms with E-state index in [4.69, 9.17) is 11.6 Å². The second-order valence-corrected chi connectivity index (χ2v) is 8.65. The molecule has 160 valence electrons. The number of anilines is 1. The molecule has 2 aliphatic heterocycles. The Balaban J connectivity index is 1.80. The molecule has 4 nitrogen and oxygen atoms in total. The van der Waals surface area contributed by atoms with Crippen LogP contribution in [0.2, 0.25) is 5.02 Å². The Morgan fingerprint density at radius 1 is 1.00 bits per heavy atom. The molecule has 0 aliphatic carbocycles. The number of halogens is 2. The highest BCUT2D eigenvalue weighted by atomic mass is 35.5. The lowest BCUT2D eigenvalue weighted by molar-refractivity contribution is 0.0951. The molecular weight excluding hydrogens is 437 g/mol. The van der Waals surface area contributed by atoms with Crippen LogP contribution in [0.25, 0.3) is 6.08 Å². The largest absolute Gasteiger partial charge is 0.351 e. The van der Waals surface area contributed by atoms with Gasteiger partial charge in [0.2, 0.25) is 0 Å². The fourth-order valence-corrected chi connectivity index (χ4v) is 5.29. The molecule has 2 heterocycles. The molecule has 0 radical (unpaired) electrons. The van der Waals surface area contributed by atoms with E-state index >= 15 is 0 Å². The van der Waals surface area contributed by atoms with E-state index in [0.717, 1.165) is 5.56 Å². The highest BCUT2D eigenvalue weighted by molar-refractivity contribution is 6.30. The third kappa shape index (κ3) is 3.13. The summed E-state index contributed by atoms with van der Waals surface area (Å²) in [5.74, 6) is -1.61. The molecule has 3 atom stereocenters. The van der Waals surface area contributed by atoms with Crippen LogP contribution in [0.1, 0.15) is 27.4 Å². The molecule has 0 aromatic heterocycles. The first kappa shape index (κ1) is 20.9. The molecular formula is C27H17ClFN3O. The highest BCUT2D eigenvalue weighted by Gasteiger charge is 2.63. The first-order valence-corrected chi connectivity index (χ1v) is 10.8. The van der Waals surface area contributed by atoms with E-state index in [0.29, 0.717) is 21.8 Å². The van der Waals surface area contributed by atoms with Gasteiger partial charge in [-0.15, -0.1) is 0 Å². The number of rotatable bonds is 3. The quantitative estimate of drug-likeness (QED) is 0.472. The Labute approximate surface area is 195 Å². The van der Waals surface area contributed by atoms with Gasteiger partial charge in [-0.05, 0) is 41.5 Å². The minimum atomic E-state index is -1.61. The van der Waals surface area contributed by atoms with Gasteiger partial charge < -0.3 is 4.90 Å². The topological polar surface area (TPSA) is 67.9 Å². The van der Waals surface area contributed by atoms with Crippen molar-refractivity contribution >= 4 is 29.1 Å². The minimum Gasteiger partial charge on any atom is -0.351 e. The summed E-state index contributed by atoms with van der Waals surface area (Å²) in [6.45, 7) is 0. The third-order valence-corrected chi connectivity index (χ3v) is 6.74. The smallest absolute Gasteiger partial charge is 0.185 e. The molecule has 5 rings (SSSR count). The number of carbonyl (C=O) groups excluding carboxylic acids is 1. The Morgan fingerprint density at radius 2 is 1.76 bits per heavy atom. The number of ketones is 1. The number of hydrogen-bond donors (Lipinski definition) is 0. The number of Topliss-reactive ketones (excluding diaryl/α,β-unsaturated/α-hetero) is 1. The van der Waals surface area contributed by atoms with Crippen LogP contribution in [-0.2, 0) is 0 Å². The summed E-state index contributed by atoms with van der Waals surface area (Å²) in [7, 11) is 0. The summed E-state index contributed by atoms with van der Waals surface area (Å²) < 4.78 is 14.3. The normalized spacial score (nSPS) is 22.1. The molecule has 3 aromatic carbocycles. The first-order valence-electron chi connectivity index (χ1n) is 10.4. The Morgan fingerprint density at radius 3 is 2.45 bits per heavy atom. The molecule has 33 heavy (non-hydrogen) atoms. The standard InChI is InChI=1S/C27H17ClFN3O/c28-20-10-11-22-18(13-20)9-12-23-27(15-30,16-31)24(19-7-4-8-21(29)14-19)25(32(22)23)26(33)17-5-2-1-3-6-17/h1-14,23-25H/t23-,24+,25-/m1/s1. The summed E-state index contributed by atoms with van der Waals surface area (Å²) in [5.41, 5.74) is 0.769. The van der Waals surface area contributed by atoms with Crippen molar-refractivity contribution in [1.82, 2.24) is 0 Å². The van der Waals surface area contributed by atoms with Crippen LogP contribution in [0, 0.1) is 33.9 Å². The average molecular weight is 454 g/mol. The van der Waals surface area contributed by atoms with Gasteiger partial charge in [-0.3, -0.25) is 4.79 Å².